The predicted octanol–water partition coefficient (Wildman–Crippen LogP) is 2.64. The highest BCUT2D eigenvalue weighted by atomic mass is 35.5. The molecule has 1 heterocycles. The van der Waals surface area contributed by atoms with Crippen LogP contribution in [0.1, 0.15) is 25.3 Å². The number of hydrogen-bond acceptors (Lipinski definition) is 3. The summed E-state index contributed by atoms with van der Waals surface area (Å²) in [5.74, 6) is 0.176. The van der Waals surface area contributed by atoms with Gasteiger partial charge in [0, 0.05) is 30.7 Å². The Bertz CT molecular complexity index is 424. The van der Waals surface area contributed by atoms with Crippen molar-refractivity contribution in [3.8, 4) is 5.75 Å². The number of hydrogen-bond donors (Lipinski definition) is 2. The second-order valence-electron chi connectivity index (χ2n) is 5.53. The van der Waals surface area contributed by atoms with Crippen molar-refractivity contribution in [3.05, 3.63) is 28.8 Å². The van der Waals surface area contributed by atoms with E-state index in [0.29, 0.717) is 11.6 Å². The number of aliphatic hydroxyl groups excluding tert-OH is 1. The summed E-state index contributed by atoms with van der Waals surface area (Å²) in [6.45, 7) is 4.86. The Balaban J connectivity index is 2.07. The molecule has 1 aromatic rings. The summed E-state index contributed by atoms with van der Waals surface area (Å²) in [7, 11) is 0. The number of nitrogens with zero attached hydrogens (tertiary/aromatic N) is 1. The van der Waals surface area contributed by atoms with Gasteiger partial charge < -0.3 is 10.2 Å². The Hall–Kier alpha value is -0.770. The van der Waals surface area contributed by atoms with Crippen LogP contribution in [-0.4, -0.2) is 34.8 Å². The van der Waals surface area contributed by atoms with E-state index in [0.717, 1.165) is 31.5 Å². The number of phenols is 1. The first-order valence-electron chi connectivity index (χ1n) is 6.34. The maximum Gasteiger partial charge on any atom is 0.138 e. The Morgan fingerprint density at radius 3 is 2.94 bits per heavy atom. The first-order chi connectivity index (χ1) is 8.54. The van der Waals surface area contributed by atoms with E-state index < -0.39 is 0 Å². The van der Waals surface area contributed by atoms with Gasteiger partial charge in [0.2, 0.25) is 0 Å². The van der Waals surface area contributed by atoms with Gasteiger partial charge in [0.25, 0.3) is 0 Å². The monoisotopic (exact) mass is 269 g/mol. The maximum absolute atomic E-state index is 9.91. The van der Waals surface area contributed by atoms with Crippen molar-refractivity contribution in [2.75, 3.05) is 19.7 Å². The molecular formula is C14H20ClNO2. The van der Waals surface area contributed by atoms with Crippen molar-refractivity contribution in [1.82, 2.24) is 4.90 Å². The number of aliphatic hydroxyl groups is 1. The van der Waals surface area contributed by atoms with Crippen LogP contribution in [0.3, 0.4) is 0 Å². The quantitative estimate of drug-likeness (QED) is 0.887. The van der Waals surface area contributed by atoms with Gasteiger partial charge in [-0.1, -0.05) is 30.7 Å². The molecule has 1 unspecified atom stereocenters. The van der Waals surface area contributed by atoms with Gasteiger partial charge in [-0.15, -0.1) is 0 Å². The van der Waals surface area contributed by atoms with Crippen LogP contribution >= 0.6 is 11.6 Å². The van der Waals surface area contributed by atoms with Gasteiger partial charge in [0.15, 0.2) is 0 Å². The molecule has 1 aromatic carbocycles. The van der Waals surface area contributed by atoms with E-state index in [-0.39, 0.29) is 17.8 Å². The smallest absolute Gasteiger partial charge is 0.138 e. The zero-order valence-corrected chi connectivity index (χ0v) is 11.5. The van der Waals surface area contributed by atoms with Gasteiger partial charge in [0.1, 0.15) is 5.75 Å². The molecule has 0 amide bonds. The molecule has 2 rings (SSSR count). The van der Waals surface area contributed by atoms with Crippen LogP contribution in [0, 0.1) is 5.41 Å². The summed E-state index contributed by atoms with van der Waals surface area (Å²) in [4.78, 5) is 2.27. The van der Waals surface area contributed by atoms with Crippen LogP contribution in [0.4, 0.5) is 0 Å². The van der Waals surface area contributed by atoms with Gasteiger partial charge in [-0.3, -0.25) is 4.90 Å². The van der Waals surface area contributed by atoms with Gasteiger partial charge in [-0.25, -0.2) is 0 Å². The predicted molar refractivity (Wildman–Crippen MR) is 72.8 cm³/mol. The van der Waals surface area contributed by atoms with Crippen molar-refractivity contribution >= 4 is 11.6 Å². The zero-order valence-electron chi connectivity index (χ0n) is 10.7. The maximum atomic E-state index is 9.91. The molecule has 0 aliphatic carbocycles. The normalized spacial score (nSPS) is 25.3. The molecule has 18 heavy (non-hydrogen) atoms. The summed E-state index contributed by atoms with van der Waals surface area (Å²) in [6.07, 6.45) is 2.14. The molecule has 0 spiro atoms. The average molecular weight is 270 g/mol. The van der Waals surface area contributed by atoms with Crippen molar-refractivity contribution in [3.63, 3.8) is 0 Å². The molecule has 2 N–H and O–H groups in total. The summed E-state index contributed by atoms with van der Waals surface area (Å²) in [5.41, 5.74) is 0.830. The molecule has 1 saturated heterocycles. The van der Waals surface area contributed by atoms with Gasteiger partial charge in [-0.05, 0) is 25.5 Å². The topological polar surface area (TPSA) is 43.7 Å². The second kappa shape index (κ2) is 5.47. The van der Waals surface area contributed by atoms with E-state index in [1.807, 2.05) is 12.1 Å². The molecule has 1 aliphatic heterocycles. The zero-order chi connectivity index (χ0) is 13.2. The number of para-hydroxylation sites is 1. The molecule has 1 aliphatic rings. The lowest BCUT2D eigenvalue weighted by Gasteiger charge is -2.39. The first-order valence-corrected chi connectivity index (χ1v) is 6.71. The van der Waals surface area contributed by atoms with Crippen LogP contribution in [0.25, 0.3) is 0 Å². The fraction of sp³-hybridized carbons (Fsp3) is 0.571. The van der Waals surface area contributed by atoms with E-state index in [2.05, 4.69) is 11.8 Å². The van der Waals surface area contributed by atoms with Crippen LogP contribution in [0.5, 0.6) is 5.75 Å². The number of piperidine rings is 1. The number of halogens is 1. The van der Waals surface area contributed by atoms with Crippen molar-refractivity contribution in [1.29, 1.82) is 0 Å². The minimum absolute atomic E-state index is 0.0214. The van der Waals surface area contributed by atoms with E-state index in [9.17, 15) is 10.2 Å². The summed E-state index contributed by atoms with van der Waals surface area (Å²) >= 11 is 5.91. The van der Waals surface area contributed by atoms with Crippen molar-refractivity contribution in [2.45, 2.75) is 26.3 Å². The molecule has 0 radical (unpaired) electrons. The van der Waals surface area contributed by atoms with Crippen LogP contribution in [0.2, 0.25) is 5.02 Å². The van der Waals surface area contributed by atoms with Crippen LogP contribution < -0.4 is 0 Å². The molecule has 100 valence electrons. The molecule has 0 aromatic heterocycles. The lowest BCUT2D eigenvalue weighted by molar-refractivity contribution is 0.0426. The van der Waals surface area contributed by atoms with E-state index in [1.165, 1.54) is 0 Å². The lowest BCUT2D eigenvalue weighted by Crippen LogP contribution is -2.43. The fourth-order valence-corrected chi connectivity index (χ4v) is 2.81. The molecule has 1 fully saturated rings. The summed E-state index contributed by atoms with van der Waals surface area (Å²) in [6, 6.07) is 5.44. The Labute approximate surface area is 113 Å². The number of benzene rings is 1. The average Bonchev–Trinajstić information content (AvgIpc) is 2.35. The summed E-state index contributed by atoms with van der Waals surface area (Å²) in [5, 5.41) is 19.7. The molecular weight excluding hydrogens is 250 g/mol. The lowest BCUT2D eigenvalue weighted by atomic mass is 9.82. The fourth-order valence-electron chi connectivity index (χ4n) is 2.62. The number of phenolic OH excluding ortho intramolecular Hbond substituents is 1. The van der Waals surface area contributed by atoms with Gasteiger partial charge in [-0.2, -0.15) is 0 Å². The van der Waals surface area contributed by atoms with E-state index >= 15 is 0 Å². The Morgan fingerprint density at radius 1 is 1.44 bits per heavy atom. The highest BCUT2D eigenvalue weighted by Crippen LogP contribution is 2.32. The minimum Gasteiger partial charge on any atom is -0.506 e. The molecule has 3 nitrogen and oxygen atoms in total. The Morgan fingerprint density at radius 2 is 2.22 bits per heavy atom. The summed E-state index contributed by atoms with van der Waals surface area (Å²) < 4.78 is 0. The SMILES string of the molecule is CC1(CO)CCCN(Cc2cccc(Cl)c2O)C1. The van der Waals surface area contributed by atoms with E-state index in [1.54, 1.807) is 6.07 Å². The number of aromatic hydroxyl groups is 1. The third kappa shape index (κ3) is 2.97. The molecule has 1 atom stereocenters. The molecule has 4 heteroatoms. The van der Waals surface area contributed by atoms with Crippen LogP contribution in [0.15, 0.2) is 18.2 Å². The van der Waals surface area contributed by atoms with Crippen molar-refractivity contribution < 1.29 is 10.2 Å². The standard InChI is InChI=1S/C14H20ClNO2/c1-14(10-17)6-3-7-16(9-14)8-11-4-2-5-12(15)13(11)18/h2,4-5,17-18H,3,6-10H2,1H3. The molecule has 0 saturated carbocycles. The van der Waals surface area contributed by atoms with Gasteiger partial charge in [0.05, 0.1) is 5.02 Å². The number of likely N-dealkylation sites (tertiary alicyclic amines) is 1. The Kier molecular flexibility index (Phi) is 4.15. The third-order valence-electron chi connectivity index (χ3n) is 3.71. The highest BCUT2D eigenvalue weighted by molar-refractivity contribution is 6.32. The number of rotatable bonds is 3. The second-order valence-corrected chi connectivity index (χ2v) is 5.94. The third-order valence-corrected chi connectivity index (χ3v) is 4.01. The van der Waals surface area contributed by atoms with Crippen molar-refractivity contribution in [2.24, 2.45) is 5.41 Å². The molecule has 0 bridgehead atoms. The first kappa shape index (κ1) is 13.7. The highest BCUT2D eigenvalue weighted by Gasteiger charge is 2.30. The van der Waals surface area contributed by atoms with E-state index in [4.69, 9.17) is 11.6 Å². The minimum atomic E-state index is -0.0214. The largest absolute Gasteiger partial charge is 0.506 e. The van der Waals surface area contributed by atoms with Crippen LogP contribution in [-0.2, 0) is 6.54 Å². The van der Waals surface area contributed by atoms with Gasteiger partial charge >= 0.3 is 0 Å².